The molecule has 1 fully saturated rings. The van der Waals surface area contributed by atoms with Crippen LogP contribution in [-0.4, -0.2) is 29.5 Å². The van der Waals surface area contributed by atoms with Crippen LogP contribution in [0.25, 0.3) is 0 Å². The van der Waals surface area contributed by atoms with Crippen LogP contribution in [0.2, 0.25) is 0 Å². The third-order valence-electron chi connectivity index (χ3n) is 6.01. The summed E-state index contributed by atoms with van der Waals surface area (Å²) in [6, 6.07) is 14.7. The lowest BCUT2D eigenvalue weighted by molar-refractivity contribution is -0.120. The fourth-order valence-electron chi connectivity index (χ4n) is 4.82. The maximum atomic E-state index is 12.7. The van der Waals surface area contributed by atoms with E-state index in [1.807, 2.05) is 18.2 Å². The van der Waals surface area contributed by atoms with Crippen molar-refractivity contribution in [3.63, 3.8) is 0 Å². The zero-order valence-corrected chi connectivity index (χ0v) is 15.3. The smallest absolute Gasteiger partial charge is 0.236 e. The van der Waals surface area contributed by atoms with E-state index in [0.29, 0.717) is 0 Å². The molecule has 2 aromatic carbocycles. The van der Waals surface area contributed by atoms with E-state index in [2.05, 4.69) is 48.3 Å². The minimum atomic E-state index is -0.377. The Morgan fingerprint density at radius 3 is 2.92 bits per heavy atom. The molecule has 1 saturated heterocycles. The van der Waals surface area contributed by atoms with E-state index in [4.69, 9.17) is 4.74 Å². The number of hydrogen-bond acceptors (Lipinski definition) is 3. The van der Waals surface area contributed by atoms with E-state index in [0.717, 1.165) is 49.5 Å². The summed E-state index contributed by atoms with van der Waals surface area (Å²) in [7, 11) is 0. The number of ether oxygens (including phenoxy) is 1. The van der Waals surface area contributed by atoms with E-state index < -0.39 is 0 Å². The van der Waals surface area contributed by atoms with Gasteiger partial charge in [0.05, 0.1) is 5.41 Å². The van der Waals surface area contributed by atoms with Crippen molar-refractivity contribution in [2.24, 2.45) is 0 Å². The predicted octanol–water partition coefficient (Wildman–Crippen LogP) is 3.50. The second-order valence-corrected chi connectivity index (χ2v) is 8.52. The van der Waals surface area contributed by atoms with Crippen LogP contribution in [0.5, 0.6) is 5.75 Å². The molecule has 3 aliphatic rings. The largest absolute Gasteiger partial charge is 0.487 e. The summed E-state index contributed by atoms with van der Waals surface area (Å²) in [5.41, 5.74) is 4.26. The number of nitrogens with zero attached hydrogens (tertiary/aromatic N) is 1. The highest BCUT2D eigenvalue weighted by molar-refractivity contribution is 6.06. The number of nitrogens with one attached hydrogen (secondary N) is 1. The third-order valence-corrected chi connectivity index (χ3v) is 6.01. The Morgan fingerprint density at radius 1 is 1.19 bits per heavy atom. The van der Waals surface area contributed by atoms with E-state index >= 15 is 0 Å². The van der Waals surface area contributed by atoms with Crippen LogP contribution in [0.3, 0.4) is 0 Å². The van der Waals surface area contributed by atoms with Gasteiger partial charge in [0, 0.05) is 25.2 Å². The normalized spacial score (nSPS) is 25.8. The molecule has 0 aliphatic carbocycles. The summed E-state index contributed by atoms with van der Waals surface area (Å²) >= 11 is 0. The molecule has 0 radical (unpaired) electrons. The highest BCUT2D eigenvalue weighted by atomic mass is 16.5. The number of carbonyl (C=O) groups excluding carboxylic acids is 1. The molecule has 0 saturated carbocycles. The Labute approximate surface area is 154 Å². The van der Waals surface area contributed by atoms with Crippen molar-refractivity contribution >= 4 is 11.6 Å². The molecule has 1 atom stereocenters. The van der Waals surface area contributed by atoms with Gasteiger partial charge in [-0.1, -0.05) is 30.3 Å². The van der Waals surface area contributed by atoms with E-state index in [1.165, 1.54) is 11.1 Å². The summed E-state index contributed by atoms with van der Waals surface area (Å²) in [6.45, 7) is 6.88. The maximum Gasteiger partial charge on any atom is 0.236 e. The number of fused-ring (bicyclic) bond motifs is 3. The molecule has 5 rings (SSSR count). The number of para-hydroxylation sites is 1. The quantitative estimate of drug-likeness (QED) is 0.903. The van der Waals surface area contributed by atoms with Crippen LogP contribution in [0.15, 0.2) is 42.5 Å². The van der Waals surface area contributed by atoms with Gasteiger partial charge in [0.1, 0.15) is 11.4 Å². The fraction of sp³-hybridized carbons (Fsp3) is 0.409. The number of amides is 1. The maximum absolute atomic E-state index is 12.7. The van der Waals surface area contributed by atoms with Crippen LogP contribution in [0, 0.1) is 0 Å². The van der Waals surface area contributed by atoms with Crippen LogP contribution in [0.1, 0.15) is 37.0 Å². The van der Waals surface area contributed by atoms with Gasteiger partial charge < -0.3 is 10.1 Å². The number of hydrogen-bond donors (Lipinski definition) is 1. The molecule has 26 heavy (non-hydrogen) atoms. The van der Waals surface area contributed by atoms with Gasteiger partial charge in [-0.2, -0.15) is 0 Å². The first-order valence-corrected chi connectivity index (χ1v) is 9.39. The standard InChI is InChI=1S/C22H24N2O2/c1-21(2)12-16-11-15(7-8-19(16)26-21)13-24-10-9-22(14-24)17-5-3-4-6-18(17)23-20(22)25/h3-8,11H,9-10,12-14H2,1-2H3,(H,23,25). The number of anilines is 1. The second-order valence-electron chi connectivity index (χ2n) is 8.52. The zero-order chi connectivity index (χ0) is 17.9. The average Bonchev–Trinajstić information content (AvgIpc) is 3.23. The second kappa shape index (κ2) is 5.34. The lowest BCUT2D eigenvalue weighted by atomic mass is 9.81. The van der Waals surface area contributed by atoms with E-state index in [-0.39, 0.29) is 16.9 Å². The topological polar surface area (TPSA) is 41.6 Å². The summed E-state index contributed by atoms with van der Waals surface area (Å²) in [5, 5.41) is 3.08. The number of carbonyl (C=O) groups is 1. The van der Waals surface area contributed by atoms with Crippen molar-refractivity contribution in [2.75, 3.05) is 18.4 Å². The van der Waals surface area contributed by atoms with Crippen LogP contribution >= 0.6 is 0 Å². The predicted molar refractivity (Wildman–Crippen MR) is 101 cm³/mol. The summed E-state index contributed by atoms with van der Waals surface area (Å²) in [6.07, 6.45) is 1.84. The zero-order valence-electron chi connectivity index (χ0n) is 15.3. The monoisotopic (exact) mass is 348 g/mol. The number of likely N-dealkylation sites (tertiary alicyclic amines) is 1. The van der Waals surface area contributed by atoms with Gasteiger partial charge in [0.2, 0.25) is 5.91 Å². The van der Waals surface area contributed by atoms with Crippen molar-refractivity contribution in [1.82, 2.24) is 4.90 Å². The number of rotatable bonds is 2. The summed E-state index contributed by atoms with van der Waals surface area (Å²) in [4.78, 5) is 15.1. The van der Waals surface area contributed by atoms with Crippen molar-refractivity contribution in [2.45, 2.75) is 44.2 Å². The SMILES string of the molecule is CC1(C)Cc2cc(CN3CCC4(C3)C(=O)Nc3ccccc34)ccc2O1. The Bertz CT molecular complexity index is 905. The molecule has 1 spiro atoms. The lowest BCUT2D eigenvalue weighted by Gasteiger charge is -2.22. The van der Waals surface area contributed by atoms with Gasteiger partial charge in [-0.3, -0.25) is 9.69 Å². The molecule has 0 aromatic heterocycles. The first-order chi connectivity index (χ1) is 12.5. The minimum Gasteiger partial charge on any atom is -0.487 e. The average molecular weight is 348 g/mol. The lowest BCUT2D eigenvalue weighted by Crippen LogP contribution is -2.37. The van der Waals surface area contributed by atoms with Crippen LogP contribution in [-0.2, 0) is 23.2 Å². The molecule has 0 bridgehead atoms. The fourth-order valence-corrected chi connectivity index (χ4v) is 4.82. The van der Waals surface area contributed by atoms with Gasteiger partial charge in [0.25, 0.3) is 0 Å². The molecule has 3 aliphatic heterocycles. The molecule has 1 unspecified atom stereocenters. The van der Waals surface area contributed by atoms with E-state index in [9.17, 15) is 4.79 Å². The van der Waals surface area contributed by atoms with Crippen LogP contribution < -0.4 is 10.1 Å². The van der Waals surface area contributed by atoms with Crippen molar-refractivity contribution in [3.05, 3.63) is 59.2 Å². The van der Waals surface area contributed by atoms with Gasteiger partial charge >= 0.3 is 0 Å². The van der Waals surface area contributed by atoms with E-state index in [1.54, 1.807) is 0 Å². The van der Waals surface area contributed by atoms with Gasteiger partial charge in [0.15, 0.2) is 0 Å². The Kier molecular flexibility index (Phi) is 3.26. The summed E-state index contributed by atoms with van der Waals surface area (Å²) in [5.74, 6) is 1.17. The molecule has 4 heteroatoms. The molecule has 2 aromatic rings. The molecule has 3 heterocycles. The molecule has 1 N–H and O–H groups in total. The Hall–Kier alpha value is -2.33. The summed E-state index contributed by atoms with van der Waals surface area (Å²) < 4.78 is 5.98. The number of benzene rings is 2. The van der Waals surface area contributed by atoms with Crippen molar-refractivity contribution < 1.29 is 9.53 Å². The van der Waals surface area contributed by atoms with Gasteiger partial charge in [-0.25, -0.2) is 0 Å². The third kappa shape index (κ3) is 2.36. The first-order valence-electron chi connectivity index (χ1n) is 9.39. The molecular weight excluding hydrogens is 324 g/mol. The van der Waals surface area contributed by atoms with Crippen molar-refractivity contribution in [1.29, 1.82) is 0 Å². The van der Waals surface area contributed by atoms with Gasteiger partial charge in [-0.15, -0.1) is 0 Å². The highest BCUT2D eigenvalue weighted by Crippen LogP contribution is 2.44. The molecule has 1 amide bonds. The Morgan fingerprint density at radius 2 is 2.04 bits per heavy atom. The van der Waals surface area contributed by atoms with Crippen LogP contribution in [0.4, 0.5) is 5.69 Å². The highest BCUT2D eigenvalue weighted by Gasteiger charge is 2.50. The minimum absolute atomic E-state index is 0.107. The van der Waals surface area contributed by atoms with Crippen molar-refractivity contribution in [3.8, 4) is 5.75 Å². The molecule has 134 valence electrons. The molecule has 4 nitrogen and oxygen atoms in total. The Balaban J connectivity index is 1.36. The first kappa shape index (κ1) is 15.9. The molecular formula is C22H24N2O2. The van der Waals surface area contributed by atoms with Gasteiger partial charge in [-0.05, 0) is 55.6 Å².